The van der Waals surface area contributed by atoms with Crippen molar-refractivity contribution in [2.24, 2.45) is 0 Å². The average molecular weight is 320 g/mol. The van der Waals surface area contributed by atoms with Gasteiger partial charge in [-0.1, -0.05) is 36.4 Å². The Morgan fingerprint density at radius 2 is 1.83 bits per heavy atom. The average Bonchev–Trinajstić information content (AvgIpc) is 2.93. The zero-order chi connectivity index (χ0) is 17.1. The first-order chi connectivity index (χ1) is 11.6. The van der Waals surface area contributed by atoms with Gasteiger partial charge in [0.15, 0.2) is 0 Å². The summed E-state index contributed by atoms with van der Waals surface area (Å²) in [7, 11) is 0. The monoisotopic (exact) mass is 320 g/mol. The lowest BCUT2D eigenvalue weighted by atomic mass is 10.1. The number of anilines is 1. The maximum Gasteiger partial charge on any atom is 0.340 e. The van der Waals surface area contributed by atoms with Crippen LogP contribution in [0.1, 0.15) is 23.0 Å². The third-order valence-corrected chi connectivity index (χ3v) is 3.86. The molecule has 3 rings (SSSR count). The van der Waals surface area contributed by atoms with Crippen molar-refractivity contribution in [2.45, 2.75) is 13.8 Å². The van der Waals surface area contributed by atoms with Crippen molar-refractivity contribution >= 4 is 11.7 Å². The summed E-state index contributed by atoms with van der Waals surface area (Å²) >= 11 is 0. The van der Waals surface area contributed by atoms with E-state index >= 15 is 0 Å². The lowest BCUT2D eigenvalue weighted by molar-refractivity contribution is 0.0527. The second-order valence-corrected chi connectivity index (χ2v) is 5.56. The summed E-state index contributed by atoms with van der Waals surface area (Å²) in [5.74, 6) is -0.317. The number of aryl methyl sites for hydroxylation is 1. The van der Waals surface area contributed by atoms with Crippen molar-refractivity contribution in [3.8, 4) is 16.9 Å². The molecule has 4 nitrogen and oxygen atoms in total. The molecule has 0 aliphatic heterocycles. The van der Waals surface area contributed by atoms with Crippen LogP contribution in [-0.4, -0.2) is 17.1 Å². The molecule has 24 heavy (non-hydrogen) atoms. The lowest BCUT2D eigenvalue weighted by Crippen LogP contribution is -2.07. The molecule has 0 amide bonds. The summed E-state index contributed by atoms with van der Waals surface area (Å²) < 4.78 is 7.28. The molecular weight excluding hydrogens is 300 g/mol. The van der Waals surface area contributed by atoms with Crippen molar-refractivity contribution < 1.29 is 9.53 Å². The third-order valence-electron chi connectivity index (χ3n) is 3.86. The van der Waals surface area contributed by atoms with Crippen molar-refractivity contribution in [1.29, 1.82) is 0 Å². The standard InChI is InChI=1S/C20H20N2O2/c1-3-24-20(23)18-12-14(2)22(17-11-7-10-16(21)13-17)19(18)15-8-5-4-6-9-15/h4-13H,3,21H2,1-2H3. The number of hydrogen-bond acceptors (Lipinski definition) is 3. The van der Waals surface area contributed by atoms with E-state index in [0.29, 0.717) is 17.9 Å². The molecule has 0 aliphatic carbocycles. The van der Waals surface area contributed by atoms with Gasteiger partial charge in [-0.05, 0) is 43.7 Å². The number of esters is 1. The number of nitrogen functional groups attached to an aromatic ring is 1. The van der Waals surface area contributed by atoms with Crippen LogP contribution in [0.4, 0.5) is 5.69 Å². The SMILES string of the molecule is CCOC(=O)c1cc(C)n(-c2cccc(N)c2)c1-c1ccccc1. The number of benzene rings is 2. The van der Waals surface area contributed by atoms with Gasteiger partial charge >= 0.3 is 5.97 Å². The first-order valence-corrected chi connectivity index (χ1v) is 7.92. The summed E-state index contributed by atoms with van der Waals surface area (Å²) in [5.41, 5.74) is 10.8. The van der Waals surface area contributed by atoms with Gasteiger partial charge in [0.25, 0.3) is 0 Å². The first kappa shape index (κ1) is 15.9. The van der Waals surface area contributed by atoms with Gasteiger partial charge in [0.05, 0.1) is 17.9 Å². The molecule has 0 aliphatic rings. The molecule has 1 aromatic heterocycles. The van der Waals surface area contributed by atoms with Gasteiger partial charge in [-0.25, -0.2) is 4.79 Å². The van der Waals surface area contributed by atoms with Crippen LogP contribution in [0.2, 0.25) is 0 Å². The predicted octanol–water partition coefficient (Wildman–Crippen LogP) is 4.21. The molecule has 122 valence electrons. The highest BCUT2D eigenvalue weighted by Gasteiger charge is 2.21. The smallest absolute Gasteiger partial charge is 0.340 e. The Balaban J connectivity index is 2.27. The Morgan fingerprint density at radius 1 is 1.08 bits per heavy atom. The molecule has 0 saturated heterocycles. The molecule has 0 radical (unpaired) electrons. The van der Waals surface area contributed by atoms with Crippen LogP contribution in [0, 0.1) is 6.92 Å². The van der Waals surface area contributed by atoms with E-state index in [9.17, 15) is 4.79 Å². The van der Waals surface area contributed by atoms with E-state index in [1.54, 1.807) is 0 Å². The van der Waals surface area contributed by atoms with Crippen LogP contribution in [-0.2, 0) is 4.74 Å². The first-order valence-electron chi connectivity index (χ1n) is 7.92. The molecule has 0 fully saturated rings. The Hall–Kier alpha value is -3.01. The predicted molar refractivity (Wildman–Crippen MR) is 96.3 cm³/mol. The Labute approximate surface area is 141 Å². The quantitative estimate of drug-likeness (QED) is 0.578. The highest BCUT2D eigenvalue weighted by Crippen LogP contribution is 2.31. The summed E-state index contributed by atoms with van der Waals surface area (Å²) in [5, 5.41) is 0. The van der Waals surface area contributed by atoms with Crippen molar-refractivity contribution in [2.75, 3.05) is 12.3 Å². The number of hydrogen-bond donors (Lipinski definition) is 1. The maximum absolute atomic E-state index is 12.4. The van der Waals surface area contributed by atoms with Crippen LogP contribution >= 0.6 is 0 Å². The largest absolute Gasteiger partial charge is 0.462 e. The Bertz CT molecular complexity index is 867. The summed E-state index contributed by atoms with van der Waals surface area (Å²) in [4.78, 5) is 12.4. The number of nitrogens with two attached hydrogens (primary N) is 1. The van der Waals surface area contributed by atoms with Crippen LogP contribution in [0.5, 0.6) is 0 Å². The van der Waals surface area contributed by atoms with E-state index in [1.807, 2.05) is 79.1 Å². The van der Waals surface area contributed by atoms with E-state index in [-0.39, 0.29) is 5.97 Å². The number of carbonyl (C=O) groups is 1. The van der Waals surface area contributed by atoms with Crippen LogP contribution in [0.3, 0.4) is 0 Å². The lowest BCUT2D eigenvalue weighted by Gasteiger charge is -2.14. The van der Waals surface area contributed by atoms with Crippen molar-refractivity contribution in [3.05, 3.63) is 71.9 Å². The molecule has 2 N–H and O–H groups in total. The summed E-state index contributed by atoms with van der Waals surface area (Å²) in [6, 6.07) is 19.3. The van der Waals surface area contributed by atoms with Gasteiger partial charge in [-0.2, -0.15) is 0 Å². The summed E-state index contributed by atoms with van der Waals surface area (Å²) in [6.45, 7) is 4.12. The molecule has 3 aromatic rings. The molecule has 0 unspecified atom stereocenters. The second kappa shape index (κ2) is 6.62. The van der Waals surface area contributed by atoms with Crippen molar-refractivity contribution in [1.82, 2.24) is 4.57 Å². The molecule has 0 atom stereocenters. The zero-order valence-corrected chi connectivity index (χ0v) is 13.8. The zero-order valence-electron chi connectivity index (χ0n) is 13.8. The minimum Gasteiger partial charge on any atom is -0.462 e. The van der Waals surface area contributed by atoms with Gasteiger partial charge in [0, 0.05) is 17.1 Å². The fraction of sp³-hybridized carbons (Fsp3) is 0.150. The van der Waals surface area contributed by atoms with Gasteiger partial charge in [-0.15, -0.1) is 0 Å². The van der Waals surface area contributed by atoms with Gasteiger partial charge in [-0.3, -0.25) is 0 Å². The number of nitrogens with zero attached hydrogens (tertiary/aromatic N) is 1. The molecule has 0 spiro atoms. The third kappa shape index (κ3) is 2.91. The van der Waals surface area contributed by atoms with Crippen LogP contribution < -0.4 is 5.73 Å². The van der Waals surface area contributed by atoms with E-state index in [1.165, 1.54) is 0 Å². The molecule has 0 bridgehead atoms. The normalized spacial score (nSPS) is 10.6. The highest BCUT2D eigenvalue weighted by molar-refractivity contribution is 5.97. The van der Waals surface area contributed by atoms with Gasteiger partial charge in [0.1, 0.15) is 0 Å². The van der Waals surface area contributed by atoms with Crippen LogP contribution in [0.25, 0.3) is 16.9 Å². The Morgan fingerprint density at radius 3 is 2.50 bits per heavy atom. The summed E-state index contributed by atoms with van der Waals surface area (Å²) in [6.07, 6.45) is 0. The van der Waals surface area contributed by atoms with Gasteiger partial charge in [0.2, 0.25) is 0 Å². The number of ether oxygens (including phenoxy) is 1. The molecular formula is C20H20N2O2. The number of rotatable bonds is 4. The van der Waals surface area contributed by atoms with Crippen molar-refractivity contribution in [3.63, 3.8) is 0 Å². The number of aromatic nitrogens is 1. The highest BCUT2D eigenvalue weighted by atomic mass is 16.5. The Kier molecular flexibility index (Phi) is 4.38. The van der Waals surface area contributed by atoms with E-state index in [0.717, 1.165) is 22.6 Å². The van der Waals surface area contributed by atoms with Gasteiger partial charge < -0.3 is 15.0 Å². The van der Waals surface area contributed by atoms with Crippen LogP contribution in [0.15, 0.2) is 60.7 Å². The molecule has 1 heterocycles. The minimum absolute atomic E-state index is 0.317. The fourth-order valence-electron chi connectivity index (χ4n) is 2.88. The second-order valence-electron chi connectivity index (χ2n) is 5.56. The molecule has 4 heteroatoms. The molecule has 2 aromatic carbocycles. The van der Waals surface area contributed by atoms with E-state index in [2.05, 4.69) is 0 Å². The number of carbonyl (C=O) groups excluding carboxylic acids is 1. The topological polar surface area (TPSA) is 57.2 Å². The fourth-order valence-corrected chi connectivity index (χ4v) is 2.88. The minimum atomic E-state index is -0.317. The molecule has 0 saturated carbocycles. The van der Waals surface area contributed by atoms with E-state index in [4.69, 9.17) is 10.5 Å². The maximum atomic E-state index is 12.4. The van der Waals surface area contributed by atoms with E-state index < -0.39 is 0 Å².